The second kappa shape index (κ2) is 8.42. The Bertz CT molecular complexity index is 683. The number of hydrogen-bond donors (Lipinski definition) is 0. The van der Waals surface area contributed by atoms with Crippen LogP contribution in [0.25, 0.3) is 0 Å². The SMILES string of the molecule is CCN(Cc1cc(Br)ccc1F)C(=O)CN1CCN(CC)C(=O)C1=O. The molecular weight excluding hydrogens is 393 g/mol. The number of nitrogens with zero attached hydrogens (tertiary/aromatic N) is 3. The highest BCUT2D eigenvalue weighted by atomic mass is 79.9. The zero-order chi connectivity index (χ0) is 18.6. The summed E-state index contributed by atoms with van der Waals surface area (Å²) in [6.45, 7) is 5.11. The fourth-order valence-corrected chi connectivity index (χ4v) is 3.09. The van der Waals surface area contributed by atoms with E-state index >= 15 is 0 Å². The van der Waals surface area contributed by atoms with E-state index in [0.29, 0.717) is 31.7 Å². The topological polar surface area (TPSA) is 60.9 Å². The highest BCUT2D eigenvalue weighted by molar-refractivity contribution is 9.10. The van der Waals surface area contributed by atoms with E-state index in [9.17, 15) is 18.8 Å². The molecule has 0 N–H and O–H groups in total. The first-order valence-electron chi connectivity index (χ1n) is 8.17. The molecule has 1 saturated heterocycles. The van der Waals surface area contributed by atoms with Crippen LogP contribution in [0.1, 0.15) is 19.4 Å². The van der Waals surface area contributed by atoms with Crippen molar-refractivity contribution in [1.82, 2.24) is 14.7 Å². The van der Waals surface area contributed by atoms with Gasteiger partial charge in [0.25, 0.3) is 0 Å². The van der Waals surface area contributed by atoms with Gasteiger partial charge in [-0.2, -0.15) is 0 Å². The van der Waals surface area contributed by atoms with Crippen molar-refractivity contribution in [2.45, 2.75) is 20.4 Å². The van der Waals surface area contributed by atoms with Gasteiger partial charge in [-0.05, 0) is 32.0 Å². The molecule has 25 heavy (non-hydrogen) atoms. The summed E-state index contributed by atoms with van der Waals surface area (Å²) in [4.78, 5) is 40.7. The number of likely N-dealkylation sites (N-methyl/N-ethyl adjacent to an activating group) is 2. The van der Waals surface area contributed by atoms with Gasteiger partial charge in [0, 0.05) is 42.8 Å². The second-order valence-corrected chi connectivity index (χ2v) is 6.67. The van der Waals surface area contributed by atoms with Crippen LogP contribution >= 0.6 is 15.9 Å². The minimum atomic E-state index is -0.661. The number of hydrogen-bond acceptors (Lipinski definition) is 3. The maximum Gasteiger partial charge on any atom is 0.312 e. The number of carbonyl (C=O) groups is 3. The molecule has 1 aliphatic rings. The normalized spacial score (nSPS) is 14.9. The summed E-state index contributed by atoms with van der Waals surface area (Å²) in [5.74, 6) is -1.95. The predicted octanol–water partition coefficient (Wildman–Crippen LogP) is 1.63. The van der Waals surface area contributed by atoms with Gasteiger partial charge in [0.05, 0.1) is 0 Å². The quantitative estimate of drug-likeness (QED) is 0.665. The number of halogens is 2. The molecule has 1 heterocycles. The van der Waals surface area contributed by atoms with Gasteiger partial charge in [0.1, 0.15) is 12.4 Å². The fourth-order valence-electron chi connectivity index (χ4n) is 2.68. The summed E-state index contributed by atoms with van der Waals surface area (Å²) < 4.78 is 14.6. The van der Waals surface area contributed by atoms with E-state index in [1.165, 1.54) is 20.8 Å². The minimum Gasteiger partial charge on any atom is -0.337 e. The molecule has 1 aromatic rings. The van der Waals surface area contributed by atoms with Gasteiger partial charge in [-0.15, -0.1) is 0 Å². The van der Waals surface area contributed by atoms with Crippen molar-refractivity contribution in [3.8, 4) is 0 Å². The zero-order valence-corrected chi connectivity index (χ0v) is 15.9. The summed E-state index contributed by atoms with van der Waals surface area (Å²) in [6.07, 6.45) is 0. The minimum absolute atomic E-state index is 0.109. The molecule has 0 bridgehead atoms. The van der Waals surface area contributed by atoms with E-state index in [-0.39, 0.29) is 19.0 Å². The Morgan fingerprint density at radius 2 is 1.84 bits per heavy atom. The Balaban J connectivity index is 2.04. The highest BCUT2D eigenvalue weighted by Gasteiger charge is 2.33. The lowest BCUT2D eigenvalue weighted by Gasteiger charge is -2.34. The molecule has 2 rings (SSSR count). The van der Waals surface area contributed by atoms with Crippen LogP contribution in [0.3, 0.4) is 0 Å². The molecule has 0 radical (unpaired) electrons. The van der Waals surface area contributed by atoms with Gasteiger partial charge in [-0.1, -0.05) is 15.9 Å². The average Bonchev–Trinajstić information content (AvgIpc) is 2.59. The summed E-state index contributed by atoms with van der Waals surface area (Å²) in [5.41, 5.74) is 0.391. The smallest absolute Gasteiger partial charge is 0.312 e. The third kappa shape index (κ3) is 4.56. The third-order valence-electron chi connectivity index (χ3n) is 4.21. The number of amides is 3. The Morgan fingerprint density at radius 3 is 2.48 bits per heavy atom. The largest absolute Gasteiger partial charge is 0.337 e. The van der Waals surface area contributed by atoms with Crippen LogP contribution in [0.15, 0.2) is 22.7 Å². The van der Waals surface area contributed by atoms with E-state index < -0.39 is 17.6 Å². The number of piperazine rings is 1. The first-order chi connectivity index (χ1) is 11.9. The lowest BCUT2D eigenvalue weighted by Crippen LogP contribution is -2.56. The molecular formula is C17H21BrFN3O3. The molecule has 1 aliphatic heterocycles. The molecule has 1 fully saturated rings. The van der Waals surface area contributed by atoms with Crippen molar-refractivity contribution in [3.05, 3.63) is 34.1 Å². The van der Waals surface area contributed by atoms with E-state index in [1.54, 1.807) is 26.0 Å². The third-order valence-corrected chi connectivity index (χ3v) is 4.70. The number of rotatable bonds is 6. The van der Waals surface area contributed by atoms with Crippen molar-refractivity contribution >= 4 is 33.7 Å². The molecule has 0 saturated carbocycles. The molecule has 6 nitrogen and oxygen atoms in total. The number of benzene rings is 1. The van der Waals surface area contributed by atoms with E-state index in [2.05, 4.69) is 15.9 Å². The standard InChI is InChI=1S/C17H21BrFN3O3/c1-3-20-7-8-22(17(25)16(20)24)11-15(23)21(4-2)10-12-9-13(18)5-6-14(12)19/h5-6,9H,3-4,7-8,10-11H2,1-2H3. The summed E-state index contributed by atoms with van der Waals surface area (Å²) in [6, 6.07) is 4.55. The van der Waals surface area contributed by atoms with Crippen LogP contribution in [-0.4, -0.2) is 65.1 Å². The van der Waals surface area contributed by atoms with Crippen molar-refractivity contribution in [3.63, 3.8) is 0 Å². The Hall–Kier alpha value is -1.96. The van der Waals surface area contributed by atoms with E-state index in [0.717, 1.165) is 4.47 Å². The summed E-state index contributed by atoms with van der Waals surface area (Å²) in [5, 5.41) is 0. The molecule has 136 valence electrons. The first kappa shape index (κ1) is 19.4. The molecule has 0 spiro atoms. The van der Waals surface area contributed by atoms with Crippen LogP contribution < -0.4 is 0 Å². The van der Waals surface area contributed by atoms with Crippen LogP contribution in [0, 0.1) is 5.82 Å². The molecule has 8 heteroatoms. The van der Waals surface area contributed by atoms with E-state index in [4.69, 9.17) is 0 Å². The lowest BCUT2D eigenvalue weighted by molar-refractivity contribution is -0.157. The zero-order valence-electron chi connectivity index (χ0n) is 14.3. The molecule has 3 amide bonds. The van der Waals surface area contributed by atoms with Gasteiger partial charge in [0.15, 0.2) is 0 Å². The van der Waals surface area contributed by atoms with Crippen molar-refractivity contribution in [1.29, 1.82) is 0 Å². The van der Waals surface area contributed by atoms with Crippen molar-refractivity contribution < 1.29 is 18.8 Å². The Morgan fingerprint density at radius 1 is 1.20 bits per heavy atom. The van der Waals surface area contributed by atoms with E-state index in [1.807, 2.05) is 0 Å². The summed E-state index contributed by atoms with van der Waals surface area (Å²) in [7, 11) is 0. The van der Waals surface area contributed by atoms with Gasteiger partial charge < -0.3 is 14.7 Å². The molecule has 0 aromatic heterocycles. The van der Waals surface area contributed by atoms with Crippen LogP contribution in [0.2, 0.25) is 0 Å². The van der Waals surface area contributed by atoms with Gasteiger partial charge in [-0.3, -0.25) is 14.4 Å². The number of carbonyl (C=O) groups excluding carboxylic acids is 3. The van der Waals surface area contributed by atoms with Crippen LogP contribution in [0.5, 0.6) is 0 Å². The highest BCUT2D eigenvalue weighted by Crippen LogP contribution is 2.17. The van der Waals surface area contributed by atoms with Gasteiger partial charge in [0.2, 0.25) is 5.91 Å². The average molecular weight is 414 g/mol. The van der Waals surface area contributed by atoms with Gasteiger partial charge in [-0.25, -0.2) is 4.39 Å². The maximum atomic E-state index is 13.9. The first-order valence-corrected chi connectivity index (χ1v) is 8.96. The Kier molecular flexibility index (Phi) is 6.52. The molecule has 0 unspecified atom stereocenters. The molecule has 1 aromatic carbocycles. The monoisotopic (exact) mass is 413 g/mol. The fraction of sp³-hybridized carbons (Fsp3) is 0.471. The van der Waals surface area contributed by atoms with Crippen LogP contribution in [0.4, 0.5) is 4.39 Å². The molecule has 0 atom stereocenters. The lowest BCUT2D eigenvalue weighted by atomic mass is 10.2. The molecule has 0 aliphatic carbocycles. The van der Waals surface area contributed by atoms with Crippen molar-refractivity contribution in [2.24, 2.45) is 0 Å². The summed E-state index contributed by atoms with van der Waals surface area (Å²) >= 11 is 3.29. The maximum absolute atomic E-state index is 13.9. The predicted molar refractivity (Wildman–Crippen MR) is 94.0 cm³/mol. The van der Waals surface area contributed by atoms with Gasteiger partial charge >= 0.3 is 11.8 Å². The second-order valence-electron chi connectivity index (χ2n) is 5.76. The van der Waals surface area contributed by atoms with Crippen molar-refractivity contribution in [2.75, 3.05) is 32.7 Å². The van der Waals surface area contributed by atoms with Crippen LogP contribution in [-0.2, 0) is 20.9 Å². The Labute approximate surface area is 154 Å².